The first-order valence-corrected chi connectivity index (χ1v) is 14.9. The molecule has 0 bridgehead atoms. The molecule has 5 rings (SSSR count). The van der Waals surface area contributed by atoms with Gasteiger partial charge in [-0.15, -0.1) is 0 Å². The zero-order valence-electron chi connectivity index (χ0n) is 23.3. The summed E-state index contributed by atoms with van der Waals surface area (Å²) in [7, 11) is 3.59. The number of carbonyl (C=O) groups excluding carboxylic acids is 3. The van der Waals surface area contributed by atoms with Gasteiger partial charge in [0.15, 0.2) is 6.29 Å². The minimum atomic E-state index is -0.427. The maximum absolute atomic E-state index is 13.4. The number of anilines is 3. The van der Waals surface area contributed by atoms with Crippen molar-refractivity contribution < 1.29 is 19.1 Å². The van der Waals surface area contributed by atoms with Gasteiger partial charge < -0.3 is 15.0 Å². The Labute approximate surface area is 243 Å². The number of aryl methyl sites for hydroxylation is 1. The average Bonchev–Trinajstić information content (AvgIpc) is 2.98. The monoisotopic (exact) mass is 578 g/mol. The summed E-state index contributed by atoms with van der Waals surface area (Å²) >= 11 is 1.83. The lowest BCUT2D eigenvalue weighted by molar-refractivity contribution is -0.136. The molecule has 12 nitrogen and oxygen atoms in total. The Balaban J connectivity index is 1.34. The van der Waals surface area contributed by atoms with Gasteiger partial charge in [0.2, 0.25) is 5.91 Å². The van der Waals surface area contributed by atoms with Crippen LogP contribution in [-0.4, -0.2) is 102 Å². The third kappa shape index (κ3) is 6.45. The second-order valence-corrected chi connectivity index (χ2v) is 11.6. The van der Waals surface area contributed by atoms with Crippen LogP contribution in [0.1, 0.15) is 40.0 Å². The number of aldehydes is 1. The first-order valence-electron chi connectivity index (χ1n) is 13.7. The second kappa shape index (κ2) is 12.8. The number of thioether (sulfide) groups is 1. The number of amides is 3. The first-order chi connectivity index (χ1) is 19.9. The third-order valence-corrected chi connectivity index (χ3v) is 8.82. The van der Waals surface area contributed by atoms with Crippen LogP contribution < -0.4 is 15.5 Å². The molecule has 0 radical (unpaired) electrons. The highest BCUT2D eigenvalue weighted by Crippen LogP contribution is 2.30. The number of nitrogens with zero attached hydrogens (tertiary/aromatic N) is 6. The van der Waals surface area contributed by atoms with Gasteiger partial charge in [0.25, 0.3) is 0 Å². The number of carbonyl (C=O) groups is 3. The van der Waals surface area contributed by atoms with Crippen molar-refractivity contribution in [1.82, 2.24) is 19.8 Å². The molecule has 2 unspecified atom stereocenters. The van der Waals surface area contributed by atoms with Gasteiger partial charge in [-0.1, -0.05) is 0 Å². The van der Waals surface area contributed by atoms with Gasteiger partial charge in [-0.25, -0.2) is 14.8 Å². The van der Waals surface area contributed by atoms with Gasteiger partial charge in [-0.2, -0.15) is 17.0 Å². The van der Waals surface area contributed by atoms with Gasteiger partial charge in [-0.3, -0.25) is 24.7 Å². The Morgan fingerprint density at radius 1 is 1.32 bits per heavy atom. The average molecular weight is 579 g/mol. The molecule has 0 saturated carbocycles. The molecule has 2 saturated heterocycles. The molecular weight excluding hydrogens is 544 g/mol. The maximum atomic E-state index is 13.4. The van der Waals surface area contributed by atoms with Crippen molar-refractivity contribution in [3.8, 4) is 6.07 Å². The Morgan fingerprint density at radius 2 is 2.17 bits per heavy atom. The lowest BCUT2D eigenvalue weighted by Crippen LogP contribution is -2.48. The van der Waals surface area contributed by atoms with E-state index < -0.39 is 6.03 Å². The summed E-state index contributed by atoms with van der Waals surface area (Å²) in [5, 5.41) is 15.9. The molecule has 2 atom stereocenters. The number of likely N-dealkylation sites (N-methyl/N-ethyl adjacent to an activating group) is 1. The van der Waals surface area contributed by atoms with Crippen LogP contribution in [0.5, 0.6) is 0 Å². The summed E-state index contributed by atoms with van der Waals surface area (Å²) in [5.41, 5.74) is 2.70. The Bertz CT molecular complexity index is 1370. The lowest BCUT2D eigenvalue weighted by atomic mass is 10.0. The highest BCUT2D eigenvalue weighted by molar-refractivity contribution is 7.99. The van der Waals surface area contributed by atoms with E-state index in [0.717, 1.165) is 36.5 Å². The number of methoxy groups -OCH3 is 1. The molecule has 2 N–H and O–H groups in total. The van der Waals surface area contributed by atoms with Crippen LogP contribution in [-0.2, 0) is 22.5 Å². The van der Waals surface area contributed by atoms with Gasteiger partial charge in [0, 0.05) is 56.9 Å². The molecule has 216 valence electrons. The standard InChI is InChI=1S/C28H34N8O4S/c1-34-7-8-35(26(38)15-34)14-19-10-18-4-3-6-36(27(18)32-22(19)16-37)28(39)33-25-11-21(20(12-29)13-30-25)31-23-17-41-9-5-24(23)40-2/h10-11,13,16,23-24H,3-9,14-15,17H2,1-2H3,(H2,30,31,33,39). The van der Waals surface area contributed by atoms with Gasteiger partial charge in [-0.05, 0) is 43.7 Å². The van der Waals surface area contributed by atoms with E-state index in [0.29, 0.717) is 67.3 Å². The number of hydrogen-bond donors (Lipinski definition) is 2. The molecule has 2 fully saturated rings. The van der Waals surface area contributed by atoms with E-state index in [9.17, 15) is 19.6 Å². The number of aromatic nitrogens is 2. The molecule has 41 heavy (non-hydrogen) atoms. The van der Waals surface area contributed by atoms with Crippen LogP contribution in [0.3, 0.4) is 0 Å². The Kier molecular flexibility index (Phi) is 9.02. The van der Waals surface area contributed by atoms with E-state index in [1.807, 2.05) is 29.8 Å². The molecule has 0 aliphatic carbocycles. The molecule has 2 aromatic rings. The summed E-state index contributed by atoms with van der Waals surface area (Å²) in [5.74, 6) is 2.60. The third-order valence-electron chi connectivity index (χ3n) is 7.70. The molecule has 2 aromatic heterocycles. The van der Waals surface area contributed by atoms with Crippen molar-refractivity contribution in [2.45, 2.75) is 38.0 Å². The molecule has 13 heteroatoms. The Morgan fingerprint density at radius 3 is 2.93 bits per heavy atom. The zero-order valence-corrected chi connectivity index (χ0v) is 24.1. The smallest absolute Gasteiger partial charge is 0.328 e. The van der Waals surface area contributed by atoms with Crippen LogP contribution in [0, 0.1) is 11.3 Å². The predicted molar refractivity (Wildman–Crippen MR) is 156 cm³/mol. The van der Waals surface area contributed by atoms with Crippen molar-refractivity contribution in [1.29, 1.82) is 5.26 Å². The van der Waals surface area contributed by atoms with Crippen LogP contribution >= 0.6 is 11.8 Å². The minimum absolute atomic E-state index is 0.0121. The zero-order chi connectivity index (χ0) is 28.9. The van der Waals surface area contributed by atoms with E-state index in [1.165, 1.54) is 11.1 Å². The highest BCUT2D eigenvalue weighted by atomic mass is 32.2. The quantitative estimate of drug-likeness (QED) is 0.470. The molecule has 0 aromatic carbocycles. The van der Waals surface area contributed by atoms with E-state index in [-0.39, 0.29) is 23.7 Å². The summed E-state index contributed by atoms with van der Waals surface area (Å²) in [6.45, 7) is 2.43. The fourth-order valence-electron chi connectivity index (χ4n) is 5.43. The number of ether oxygens (including phenoxy) is 1. The minimum Gasteiger partial charge on any atom is -0.379 e. The number of urea groups is 1. The van der Waals surface area contributed by atoms with Gasteiger partial charge in [0.05, 0.1) is 29.9 Å². The summed E-state index contributed by atoms with van der Waals surface area (Å²) in [6.07, 6.45) is 4.48. The van der Waals surface area contributed by atoms with Crippen LogP contribution in [0.15, 0.2) is 18.3 Å². The number of rotatable bonds is 7. The molecule has 3 aliphatic heterocycles. The molecule has 0 spiro atoms. The Hall–Kier alpha value is -3.73. The molecule has 3 amide bonds. The second-order valence-electron chi connectivity index (χ2n) is 10.5. The summed E-state index contributed by atoms with van der Waals surface area (Å²) < 4.78 is 5.63. The largest absolute Gasteiger partial charge is 0.379 e. The molecular formula is C28H34N8O4S. The molecule has 3 aliphatic rings. The van der Waals surface area contributed by atoms with Crippen LogP contribution in [0.25, 0.3) is 0 Å². The van der Waals surface area contributed by atoms with Gasteiger partial charge in [0.1, 0.15) is 23.4 Å². The van der Waals surface area contributed by atoms with Crippen molar-refractivity contribution in [2.24, 2.45) is 0 Å². The van der Waals surface area contributed by atoms with Gasteiger partial charge >= 0.3 is 6.03 Å². The number of nitrogens with one attached hydrogen (secondary N) is 2. The maximum Gasteiger partial charge on any atom is 0.328 e. The number of fused-ring (bicyclic) bond motifs is 1. The fourth-order valence-corrected chi connectivity index (χ4v) is 6.54. The van der Waals surface area contributed by atoms with Crippen LogP contribution in [0.2, 0.25) is 0 Å². The summed E-state index contributed by atoms with van der Waals surface area (Å²) in [6, 6.07) is 5.31. The number of pyridine rings is 2. The van der Waals surface area contributed by atoms with Crippen molar-refractivity contribution in [3.63, 3.8) is 0 Å². The van der Waals surface area contributed by atoms with E-state index >= 15 is 0 Å². The number of nitriles is 1. The van der Waals surface area contributed by atoms with E-state index in [4.69, 9.17) is 4.74 Å². The van der Waals surface area contributed by atoms with Crippen molar-refractivity contribution >= 4 is 47.3 Å². The molecule has 5 heterocycles. The lowest BCUT2D eigenvalue weighted by Gasteiger charge is -2.33. The SMILES string of the molecule is COC1CCSCC1Nc1cc(NC(=O)N2CCCc3cc(CN4CCN(C)CC4=O)c(C=O)nc32)ncc1C#N. The van der Waals surface area contributed by atoms with Crippen molar-refractivity contribution in [3.05, 3.63) is 40.7 Å². The highest BCUT2D eigenvalue weighted by Gasteiger charge is 2.29. The number of piperazine rings is 1. The van der Waals surface area contributed by atoms with E-state index in [2.05, 4.69) is 26.7 Å². The van der Waals surface area contributed by atoms with E-state index in [1.54, 1.807) is 18.1 Å². The predicted octanol–water partition coefficient (Wildman–Crippen LogP) is 2.35. The topological polar surface area (TPSA) is 144 Å². The first kappa shape index (κ1) is 28.8. The fraction of sp³-hybridized carbons (Fsp3) is 0.500. The number of hydrogen-bond acceptors (Lipinski definition) is 10. The van der Waals surface area contributed by atoms with Crippen molar-refractivity contribution in [2.75, 3.05) is 67.4 Å². The van der Waals surface area contributed by atoms with Crippen LogP contribution in [0.4, 0.5) is 22.1 Å². The summed E-state index contributed by atoms with van der Waals surface area (Å²) in [4.78, 5) is 52.0. The normalized spacial score (nSPS) is 21.1.